The number of hydrogen-bond donors (Lipinski definition) is 1. The Balaban J connectivity index is 0.000000279. The minimum Gasteiger partial charge on any atom is -1.00 e. The van der Waals surface area contributed by atoms with E-state index in [-0.39, 0.29) is 81.6 Å². The molecule has 0 spiro atoms. The zero-order valence-electron chi connectivity index (χ0n) is 37.7. The molecule has 0 unspecified atom stereocenters. The van der Waals surface area contributed by atoms with Crippen molar-refractivity contribution in [3.63, 3.8) is 0 Å². The summed E-state index contributed by atoms with van der Waals surface area (Å²) in [5.74, 6) is 1.18. The summed E-state index contributed by atoms with van der Waals surface area (Å²) in [5.41, 5.74) is 11.6. The van der Waals surface area contributed by atoms with Crippen LogP contribution >= 0.6 is 83.6 Å². The van der Waals surface area contributed by atoms with Crippen molar-refractivity contribution in [2.75, 3.05) is 5.73 Å². The number of ketones is 1. The first-order valence-electron chi connectivity index (χ1n) is 19.4. The molecule has 5 aromatic heterocycles. The molecular weight excluding hydrogens is 1290 g/mol. The number of nitrogens with zero attached hydrogens (tertiary/aromatic N) is 10. The van der Waals surface area contributed by atoms with Crippen molar-refractivity contribution in [2.24, 2.45) is 0 Å². The van der Waals surface area contributed by atoms with Crippen molar-refractivity contribution in [3.8, 4) is 23.6 Å². The molecule has 2 N–H and O–H groups in total. The molecule has 0 aliphatic rings. The smallest absolute Gasteiger partial charge is 1.00 e. The molecule has 0 amide bonds. The summed E-state index contributed by atoms with van der Waals surface area (Å²) in [6.07, 6.45) is 13.0. The Hall–Kier alpha value is -2.34. The van der Waals surface area contributed by atoms with Crippen LogP contribution in [-0.2, 0) is 28.5 Å². The van der Waals surface area contributed by atoms with Gasteiger partial charge in [0.05, 0.1) is 58.4 Å². The molecule has 5 heterocycles. The van der Waals surface area contributed by atoms with Crippen LogP contribution in [0.4, 0.5) is 5.69 Å². The van der Waals surface area contributed by atoms with Crippen molar-refractivity contribution in [1.82, 2.24) is 44.9 Å². The molecule has 340 valence electrons. The van der Waals surface area contributed by atoms with Crippen LogP contribution in [0.15, 0.2) is 104 Å². The van der Waals surface area contributed by atoms with Crippen molar-refractivity contribution in [2.45, 2.75) is 65.2 Å². The summed E-state index contributed by atoms with van der Waals surface area (Å²) in [7, 11) is 0. The van der Waals surface area contributed by atoms with E-state index in [4.69, 9.17) is 57.4 Å². The number of fused-ring (bicyclic) bond motifs is 2. The van der Waals surface area contributed by atoms with Crippen molar-refractivity contribution in [3.05, 3.63) is 146 Å². The Morgan fingerprint density at radius 1 is 0.727 bits per heavy atom. The number of ether oxygens (including phenoxy) is 1. The number of hydrogen-bond acceptors (Lipinski definition) is 11. The zero-order valence-corrected chi connectivity index (χ0v) is 49.4. The van der Waals surface area contributed by atoms with Crippen LogP contribution < -0.4 is 75.1 Å². The molecule has 3 aromatic carbocycles. The molecule has 0 bridgehead atoms. The van der Waals surface area contributed by atoms with E-state index < -0.39 is 0 Å². The maximum atomic E-state index is 13.0. The van der Waals surface area contributed by atoms with Gasteiger partial charge in [0.25, 0.3) is 6.26 Å². The number of benzene rings is 3. The van der Waals surface area contributed by atoms with Gasteiger partial charge in [0.2, 0.25) is 0 Å². The van der Waals surface area contributed by atoms with E-state index in [1.165, 1.54) is 40.5 Å². The number of halogens is 7. The van der Waals surface area contributed by atoms with E-state index in [9.17, 15) is 4.79 Å². The number of rotatable bonds is 7. The maximum Gasteiger partial charge on any atom is 1.00 e. The van der Waals surface area contributed by atoms with Crippen LogP contribution in [0, 0.1) is 11.5 Å². The summed E-state index contributed by atoms with van der Waals surface area (Å²) in [6.45, 7) is 12.9. The van der Waals surface area contributed by atoms with Crippen LogP contribution in [0.3, 0.4) is 0 Å². The summed E-state index contributed by atoms with van der Waals surface area (Å²) in [6, 6.07) is 18.9. The Morgan fingerprint density at radius 2 is 1.24 bits per heavy atom. The average molecular weight is 1330 g/mol. The number of anilines is 1. The van der Waals surface area contributed by atoms with Gasteiger partial charge in [-0.15, -0.1) is 14.9 Å². The second-order valence-electron chi connectivity index (χ2n) is 16.1. The molecule has 0 aliphatic heterocycles. The van der Waals surface area contributed by atoms with Gasteiger partial charge in [-0.2, -0.15) is 20.4 Å². The topological polar surface area (TPSA) is 176 Å². The number of nitrogen functional groups attached to an aromatic ring is 1. The van der Waals surface area contributed by atoms with Crippen LogP contribution in [0.1, 0.15) is 65.2 Å². The van der Waals surface area contributed by atoms with Gasteiger partial charge >= 0.3 is 102 Å². The van der Waals surface area contributed by atoms with Crippen LogP contribution in [0.25, 0.3) is 33.3 Å². The van der Waals surface area contributed by atoms with Gasteiger partial charge < -0.3 is 11.9 Å². The Morgan fingerprint density at radius 3 is 1.77 bits per heavy atom. The normalized spacial score (nSPS) is 11.0. The van der Waals surface area contributed by atoms with Gasteiger partial charge in [-0.3, -0.25) is 9.78 Å². The molecular formula is C45H42Cl4I3KN11O2-. The minimum absolute atomic E-state index is 0. The van der Waals surface area contributed by atoms with Crippen molar-refractivity contribution >= 4 is 117 Å². The van der Waals surface area contributed by atoms with E-state index in [0.717, 1.165) is 49.6 Å². The van der Waals surface area contributed by atoms with E-state index >= 15 is 0 Å². The molecule has 0 atom stereocenters. The standard InChI is InChI=1S/C24H22Cl2N4O.C13H15ClN2.C8H4ClN5O.I3.K.H/c1-24(2,3)22-17(5-4-16-6-7-18(25)13-20(16)22)12-19(31)10-15-11-21(26)23(27-14-15)30-28-8-9-29-30;1-13(2,3)12-9-6-8(14)4-5-11(9)16-7-10(12)15;9-7-3-6(15-5-10)4-11-8(7)14-12-1-2-13-14;1-3-2;;/h4-9,11,13-14H,10,12H2,1-3H3;4-7H,15H2,1-3H3;1-4H;;;/q;;;-1;+1;-1. The number of nitrogens with two attached hydrogens (primary N) is 1. The molecule has 13 nitrogen and oxygen atoms in total. The van der Waals surface area contributed by atoms with Crippen molar-refractivity contribution < 1.29 is 75.6 Å². The second kappa shape index (κ2) is 26.0. The Labute approximate surface area is 476 Å². The monoisotopic (exact) mass is 1330 g/mol. The SMILES string of the molecule is CC(C)(C)c1c(CC(=O)Cc2cnc(-n3nccn3)c(Cl)c2)ccc2ccc(Cl)cc12.CC(C)(C)c1c(N)cnc2ccc(Cl)cc12.I[I-]I.N#COc1cnc(-n2nccn2)c(Cl)c1.[H-].[K+]. The molecule has 0 saturated carbocycles. The van der Waals surface area contributed by atoms with E-state index in [2.05, 4.69) is 119 Å². The molecule has 0 aliphatic carbocycles. The fraction of sp³-hybridized carbons (Fsp3) is 0.222. The first-order chi connectivity index (χ1) is 30.8. The average Bonchev–Trinajstić information content (AvgIpc) is 3.97. The summed E-state index contributed by atoms with van der Waals surface area (Å²) >= 11 is 29.8. The predicted molar refractivity (Wildman–Crippen MR) is 274 cm³/mol. The predicted octanol–water partition coefficient (Wildman–Crippen LogP) is 6.61. The number of aromatic nitrogens is 9. The second-order valence-corrected chi connectivity index (χ2v) is 34.0. The molecule has 8 aromatic rings. The maximum absolute atomic E-state index is 13.0. The summed E-state index contributed by atoms with van der Waals surface area (Å²) in [5, 5.41) is 29.5. The molecule has 0 saturated heterocycles. The third kappa shape index (κ3) is 15.6. The van der Waals surface area contributed by atoms with E-state index in [0.29, 0.717) is 51.4 Å². The summed E-state index contributed by atoms with van der Waals surface area (Å²) in [4.78, 5) is 28.2. The molecule has 21 heteroatoms. The van der Waals surface area contributed by atoms with Gasteiger partial charge in [0.15, 0.2) is 17.4 Å². The minimum atomic E-state index is -0.136. The van der Waals surface area contributed by atoms with Gasteiger partial charge in [0.1, 0.15) is 5.78 Å². The fourth-order valence-electron chi connectivity index (χ4n) is 6.92. The number of carbonyl (C=O) groups excluding carboxylic acids is 1. The van der Waals surface area contributed by atoms with Crippen LogP contribution in [-0.4, -0.2) is 50.7 Å². The van der Waals surface area contributed by atoms with Gasteiger partial charge in [0, 0.05) is 40.5 Å². The number of carbonyl (C=O) groups is 1. The van der Waals surface area contributed by atoms with Gasteiger partial charge in [-0.1, -0.05) is 106 Å². The molecule has 0 radical (unpaired) electrons. The first kappa shape index (κ1) is 56.2. The largest absolute Gasteiger partial charge is 1.00 e. The third-order valence-corrected chi connectivity index (χ3v) is 10.3. The Kier molecular flexibility index (Phi) is 22.2. The van der Waals surface area contributed by atoms with Crippen molar-refractivity contribution in [1.29, 1.82) is 5.26 Å². The quantitative estimate of drug-likeness (QED) is 0.103. The van der Waals surface area contributed by atoms with Gasteiger partial charge in [-0.05, 0) is 80.3 Å². The van der Waals surface area contributed by atoms with Gasteiger partial charge in [-0.25, -0.2) is 9.97 Å². The van der Waals surface area contributed by atoms with E-state index in [1.54, 1.807) is 30.9 Å². The molecule has 8 rings (SSSR count). The Bertz CT molecular complexity index is 2950. The van der Waals surface area contributed by atoms with Crippen LogP contribution in [0.5, 0.6) is 5.75 Å². The first-order valence-corrected chi connectivity index (χ1v) is 33.5. The fourth-order valence-corrected chi connectivity index (χ4v) is 7.76. The van der Waals surface area contributed by atoms with E-state index in [1.807, 2.05) is 48.5 Å². The number of Topliss-reactive ketones (excluding diaryl/α,β-unsaturated/α-hetero) is 1. The summed E-state index contributed by atoms with van der Waals surface area (Å²) < 4.78 is 4.57. The number of pyridine rings is 3. The number of nitriles is 1. The zero-order chi connectivity index (χ0) is 47.5. The third-order valence-electron chi connectivity index (χ3n) is 9.27. The van der Waals surface area contributed by atoms with Crippen LogP contribution in [0.2, 0.25) is 20.1 Å². The molecule has 66 heavy (non-hydrogen) atoms. The molecule has 0 fully saturated rings.